The average Bonchev–Trinajstić information content (AvgIpc) is 2.80. The lowest BCUT2D eigenvalue weighted by Gasteiger charge is -2.28. The van der Waals surface area contributed by atoms with E-state index in [1.165, 1.54) is 0 Å². The lowest BCUT2D eigenvalue weighted by molar-refractivity contribution is -0.126. The third-order valence-electron chi connectivity index (χ3n) is 4.58. The molecule has 1 heterocycles. The summed E-state index contributed by atoms with van der Waals surface area (Å²) in [6, 6.07) is 0.246. The van der Waals surface area contributed by atoms with Gasteiger partial charge in [0, 0.05) is 24.1 Å². The zero-order valence-corrected chi connectivity index (χ0v) is 12.0. The Bertz CT molecular complexity index is 489. The van der Waals surface area contributed by atoms with E-state index in [9.17, 15) is 9.90 Å². The van der Waals surface area contributed by atoms with Crippen LogP contribution in [0.1, 0.15) is 49.3 Å². The lowest BCUT2D eigenvalue weighted by atomic mass is 9.88. The molecule has 110 valence electrons. The van der Waals surface area contributed by atoms with Crippen LogP contribution in [0.4, 0.5) is 0 Å². The van der Waals surface area contributed by atoms with Crippen LogP contribution in [0.3, 0.4) is 0 Å². The molecule has 1 aromatic heterocycles. The second-order valence-electron chi connectivity index (χ2n) is 6.20. The van der Waals surface area contributed by atoms with Crippen molar-refractivity contribution in [2.24, 2.45) is 5.92 Å². The van der Waals surface area contributed by atoms with Crippen molar-refractivity contribution in [2.75, 3.05) is 0 Å². The molecule has 0 aliphatic heterocycles. The highest BCUT2D eigenvalue weighted by Crippen LogP contribution is 2.25. The minimum atomic E-state index is -0.173. The van der Waals surface area contributed by atoms with Crippen molar-refractivity contribution in [2.45, 2.75) is 64.0 Å². The number of imidazole rings is 1. The van der Waals surface area contributed by atoms with Gasteiger partial charge in [-0.3, -0.25) is 4.79 Å². The van der Waals surface area contributed by atoms with Crippen molar-refractivity contribution in [3.63, 3.8) is 0 Å². The molecule has 3 N–H and O–H groups in total. The summed E-state index contributed by atoms with van der Waals surface area (Å²) in [6.45, 7) is 1.96. The molecule has 1 atom stereocenters. The van der Waals surface area contributed by atoms with E-state index in [0.717, 1.165) is 62.2 Å². The fourth-order valence-corrected chi connectivity index (χ4v) is 3.39. The molecule has 0 radical (unpaired) electrons. The molecule has 20 heavy (non-hydrogen) atoms. The topological polar surface area (TPSA) is 78.0 Å². The van der Waals surface area contributed by atoms with Crippen molar-refractivity contribution >= 4 is 5.91 Å². The Morgan fingerprint density at radius 3 is 2.80 bits per heavy atom. The summed E-state index contributed by atoms with van der Waals surface area (Å²) in [4.78, 5) is 20.1. The van der Waals surface area contributed by atoms with Gasteiger partial charge in [0.25, 0.3) is 0 Å². The highest BCUT2D eigenvalue weighted by molar-refractivity contribution is 5.79. The van der Waals surface area contributed by atoms with Gasteiger partial charge in [-0.05, 0) is 45.4 Å². The highest BCUT2D eigenvalue weighted by atomic mass is 16.3. The Balaban J connectivity index is 1.56. The van der Waals surface area contributed by atoms with Crippen LogP contribution < -0.4 is 5.32 Å². The maximum atomic E-state index is 12.4. The Morgan fingerprint density at radius 1 is 1.30 bits per heavy atom. The smallest absolute Gasteiger partial charge is 0.223 e. The molecule has 1 fully saturated rings. The van der Waals surface area contributed by atoms with Crippen LogP contribution in [-0.2, 0) is 17.6 Å². The fraction of sp³-hybridized carbons (Fsp3) is 0.733. The molecule has 2 aliphatic carbocycles. The van der Waals surface area contributed by atoms with E-state index in [1.807, 2.05) is 6.92 Å². The molecule has 0 spiro atoms. The number of fused-ring (bicyclic) bond motifs is 1. The van der Waals surface area contributed by atoms with Crippen molar-refractivity contribution < 1.29 is 9.90 Å². The van der Waals surface area contributed by atoms with Crippen LogP contribution in [0.2, 0.25) is 0 Å². The van der Waals surface area contributed by atoms with Gasteiger partial charge < -0.3 is 15.4 Å². The fourth-order valence-electron chi connectivity index (χ4n) is 3.39. The minimum Gasteiger partial charge on any atom is -0.393 e. The normalized spacial score (nSPS) is 29.8. The Kier molecular flexibility index (Phi) is 3.78. The van der Waals surface area contributed by atoms with Gasteiger partial charge >= 0.3 is 0 Å². The number of nitrogens with zero attached hydrogens (tertiary/aromatic N) is 1. The lowest BCUT2D eigenvalue weighted by Crippen LogP contribution is -2.42. The van der Waals surface area contributed by atoms with Gasteiger partial charge in [-0.15, -0.1) is 0 Å². The zero-order valence-electron chi connectivity index (χ0n) is 12.0. The monoisotopic (exact) mass is 277 g/mol. The molecule has 1 unspecified atom stereocenters. The summed E-state index contributed by atoms with van der Waals surface area (Å²) >= 11 is 0. The molecule has 0 saturated heterocycles. The highest BCUT2D eigenvalue weighted by Gasteiger charge is 2.29. The molecule has 1 aromatic rings. The van der Waals surface area contributed by atoms with Gasteiger partial charge in [-0.2, -0.15) is 0 Å². The first-order valence-corrected chi connectivity index (χ1v) is 7.64. The van der Waals surface area contributed by atoms with Crippen LogP contribution in [0.15, 0.2) is 0 Å². The summed E-state index contributed by atoms with van der Waals surface area (Å²) in [5.74, 6) is 1.18. The third-order valence-corrected chi connectivity index (χ3v) is 4.58. The van der Waals surface area contributed by atoms with Crippen molar-refractivity contribution in [1.82, 2.24) is 15.3 Å². The predicted octanol–water partition coefficient (Wildman–Crippen LogP) is 1.24. The number of aryl methyl sites for hydroxylation is 2. The van der Waals surface area contributed by atoms with Crippen molar-refractivity contribution in [1.29, 1.82) is 0 Å². The number of H-pyrrole nitrogens is 1. The quantitative estimate of drug-likeness (QED) is 0.761. The second-order valence-corrected chi connectivity index (χ2v) is 6.20. The zero-order chi connectivity index (χ0) is 14.1. The van der Waals surface area contributed by atoms with E-state index in [4.69, 9.17) is 0 Å². The summed E-state index contributed by atoms with van der Waals surface area (Å²) < 4.78 is 0. The number of carbonyl (C=O) groups is 1. The average molecular weight is 277 g/mol. The molecular weight excluding hydrogens is 254 g/mol. The SMILES string of the molecule is Cc1nc2c([nH]1)CC(C(=O)NC1CCC(O)CC1)CC2. The first-order valence-electron chi connectivity index (χ1n) is 7.64. The molecule has 0 aromatic carbocycles. The van der Waals surface area contributed by atoms with E-state index >= 15 is 0 Å². The van der Waals surface area contributed by atoms with Crippen LogP contribution in [0, 0.1) is 12.8 Å². The summed E-state index contributed by atoms with van der Waals surface area (Å²) in [7, 11) is 0. The maximum Gasteiger partial charge on any atom is 0.223 e. The largest absolute Gasteiger partial charge is 0.393 e. The number of hydrogen-bond donors (Lipinski definition) is 3. The number of aliphatic hydroxyl groups is 1. The Labute approximate surface area is 119 Å². The minimum absolute atomic E-state index is 0.0641. The Morgan fingerprint density at radius 2 is 2.05 bits per heavy atom. The van der Waals surface area contributed by atoms with Gasteiger partial charge in [0.2, 0.25) is 5.91 Å². The molecule has 3 rings (SSSR count). The number of hydrogen-bond acceptors (Lipinski definition) is 3. The van der Waals surface area contributed by atoms with Gasteiger partial charge in [0.05, 0.1) is 11.8 Å². The van der Waals surface area contributed by atoms with E-state index in [-0.39, 0.29) is 24.0 Å². The number of aromatic amines is 1. The first kappa shape index (κ1) is 13.6. The van der Waals surface area contributed by atoms with Crippen LogP contribution in [0.5, 0.6) is 0 Å². The summed E-state index contributed by atoms with van der Waals surface area (Å²) in [5, 5.41) is 12.7. The number of aromatic nitrogens is 2. The van der Waals surface area contributed by atoms with Crippen molar-refractivity contribution in [3.05, 3.63) is 17.2 Å². The van der Waals surface area contributed by atoms with Crippen molar-refractivity contribution in [3.8, 4) is 0 Å². The summed E-state index contributed by atoms with van der Waals surface area (Å²) in [6.07, 6.45) is 5.78. The molecule has 1 amide bonds. The third kappa shape index (κ3) is 2.87. The van der Waals surface area contributed by atoms with Crippen LogP contribution in [0.25, 0.3) is 0 Å². The summed E-state index contributed by atoms with van der Waals surface area (Å²) in [5.41, 5.74) is 2.26. The molecule has 2 aliphatic rings. The maximum absolute atomic E-state index is 12.4. The van der Waals surface area contributed by atoms with E-state index in [0.29, 0.717) is 0 Å². The van der Waals surface area contributed by atoms with Crippen LogP contribution >= 0.6 is 0 Å². The number of amides is 1. The van der Waals surface area contributed by atoms with E-state index in [1.54, 1.807) is 0 Å². The number of aliphatic hydroxyl groups excluding tert-OH is 1. The van der Waals surface area contributed by atoms with E-state index in [2.05, 4.69) is 15.3 Å². The second kappa shape index (κ2) is 5.56. The number of nitrogens with one attached hydrogen (secondary N) is 2. The molecule has 5 nitrogen and oxygen atoms in total. The van der Waals surface area contributed by atoms with Gasteiger partial charge in [0.15, 0.2) is 0 Å². The predicted molar refractivity (Wildman–Crippen MR) is 75.2 cm³/mol. The number of rotatable bonds is 2. The molecule has 1 saturated carbocycles. The first-order chi connectivity index (χ1) is 9.61. The van der Waals surface area contributed by atoms with Gasteiger partial charge in [-0.1, -0.05) is 0 Å². The molecule has 5 heteroatoms. The van der Waals surface area contributed by atoms with Gasteiger partial charge in [0.1, 0.15) is 5.82 Å². The van der Waals surface area contributed by atoms with Gasteiger partial charge in [-0.25, -0.2) is 4.98 Å². The molecular formula is C15H23N3O2. The van der Waals surface area contributed by atoms with E-state index < -0.39 is 0 Å². The Hall–Kier alpha value is -1.36. The number of carbonyl (C=O) groups excluding carboxylic acids is 1. The standard InChI is InChI=1S/C15H23N3O2/c1-9-16-13-7-2-10(8-14(13)17-9)15(20)18-11-3-5-12(19)6-4-11/h10-12,19H,2-8H2,1H3,(H,16,17)(H,18,20). The molecule has 0 bridgehead atoms. The van der Waals surface area contributed by atoms with Crippen LogP contribution in [-0.4, -0.2) is 33.1 Å².